The Hall–Kier alpha value is -3.24. The zero-order valence-electron chi connectivity index (χ0n) is 16.4. The second-order valence-corrected chi connectivity index (χ2v) is 9.85. The molecular weight excluding hydrogens is 503 g/mol. The van der Waals surface area contributed by atoms with Crippen LogP contribution in [0.3, 0.4) is 0 Å². The number of hydrogen-bond donors (Lipinski definition) is 2. The molecule has 3 aromatic rings. The van der Waals surface area contributed by atoms with Crippen molar-refractivity contribution in [2.75, 3.05) is 16.2 Å². The predicted octanol–water partition coefficient (Wildman–Crippen LogP) is 4.29. The SMILES string of the molecule is O=C(Nc1ccc(Br)cc1C(=O)O)c1ccc(S(=O)(=O)N2CCc3cc(F)ccc32)cc1. The maximum absolute atomic E-state index is 13.4. The fourth-order valence-corrected chi connectivity index (χ4v) is 5.36. The molecule has 0 fully saturated rings. The van der Waals surface area contributed by atoms with E-state index in [-0.39, 0.29) is 28.3 Å². The van der Waals surface area contributed by atoms with E-state index in [1.165, 1.54) is 58.9 Å². The third-order valence-electron chi connectivity index (χ3n) is 5.06. The van der Waals surface area contributed by atoms with Gasteiger partial charge in [0, 0.05) is 16.6 Å². The molecule has 1 amide bonds. The van der Waals surface area contributed by atoms with Gasteiger partial charge in [0.25, 0.3) is 15.9 Å². The van der Waals surface area contributed by atoms with E-state index in [4.69, 9.17) is 0 Å². The van der Waals surface area contributed by atoms with Gasteiger partial charge in [-0.2, -0.15) is 0 Å². The molecule has 0 unspecified atom stereocenters. The molecule has 10 heteroatoms. The Morgan fingerprint density at radius 1 is 1.03 bits per heavy atom. The number of fused-ring (bicyclic) bond motifs is 1. The standard InChI is InChI=1S/C22H16BrFN2O5S/c23-15-3-7-19(18(12-15)22(28)29)25-21(27)13-1-5-17(6-2-13)32(30,31)26-10-9-14-11-16(24)4-8-20(14)26/h1-8,11-12H,9-10H2,(H,25,27)(H,28,29). The molecule has 1 aliphatic heterocycles. The molecule has 164 valence electrons. The van der Waals surface area contributed by atoms with Gasteiger partial charge in [0.05, 0.1) is 21.8 Å². The average molecular weight is 519 g/mol. The first-order chi connectivity index (χ1) is 15.2. The molecule has 0 aliphatic carbocycles. The van der Waals surface area contributed by atoms with Gasteiger partial charge in [-0.15, -0.1) is 0 Å². The highest BCUT2D eigenvalue weighted by atomic mass is 79.9. The van der Waals surface area contributed by atoms with Gasteiger partial charge in [-0.25, -0.2) is 17.6 Å². The van der Waals surface area contributed by atoms with E-state index in [0.29, 0.717) is 22.1 Å². The minimum absolute atomic E-state index is 0.0129. The molecule has 0 atom stereocenters. The second-order valence-electron chi connectivity index (χ2n) is 7.07. The number of anilines is 2. The lowest BCUT2D eigenvalue weighted by atomic mass is 10.1. The summed E-state index contributed by atoms with van der Waals surface area (Å²) in [5, 5.41) is 11.9. The topological polar surface area (TPSA) is 104 Å². The number of nitrogens with one attached hydrogen (secondary N) is 1. The Morgan fingerprint density at radius 3 is 2.44 bits per heavy atom. The van der Waals surface area contributed by atoms with Gasteiger partial charge < -0.3 is 10.4 Å². The van der Waals surface area contributed by atoms with Crippen LogP contribution in [0, 0.1) is 5.82 Å². The van der Waals surface area contributed by atoms with E-state index in [0.717, 1.165) is 0 Å². The summed E-state index contributed by atoms with van der Waals surface area (Å²) >= 11 is 3.19. The van der Waals surface area contributed by atoms with E-state index in [1.54, 1.807) is 6.07 Å². The van der Waals surface area contributed by atoms with Crippen LogP contribution < -0.4 is 9.62 Å². The average Bonchev–Trinajstić information content (AvgIpc) is 3.18. The molecule has 2 N–H and O–H groups in total. The maximum Gasteiger partial charge on any atom is 0.337 e. The number of carbonyl (C=O) groups is 2. The first-order valence-corrected chi connectivity index (χ1v) is 11.7. The summed E-state index contributed by atoms with van der Waals surface area (Å²) in [6.07, 6.45) is 0.409. The van der Waals surface area contributed by atoms with E-state index in [2.05, 4.69) is 21.2 Å². The third-order valence-corrected chi connectivity index (χ3v) is 7.38. The molecule has 7 nitrogen and oxygen atoms in total. The molecule has 0 saturated heterocycles. The van der Waals surface area contributed by atoms with E-state index in [9.17, 15) is 27.5 Å². The number of benzene rings is 3. The predicted molar refractivity (Wildman–Crippen MR) is 120 cm³/mol. The number of nitrogens with zero attached hydrogens (tertiary/aromatic N) is 1. The van der Waals surface area contributed by atoms with Gasteiger partial charge in [-0.05, 0) is 72.6 Å². The van der Waals surface area contributed by atoms with Crippen molar-refractivity contribution in [1.82, 2.24) is 0 Å². The summed E-state index contributed by atoms with van der Waals surface area (Å²) in [4.78, 5) is 24.0. The molecular formula is C22H16BrFN2O5S. The van der Waals surface area contributed by atoms with Crippen molar-refractivity contribution in [2.45, 2.75) is 11.3 Å². The van der Waals surface area contributed by atoms with E-state index >= 15 is 0 Å². The summed E-state index contributed by atoms with van der Waals surface area (Å²) in [5.41, 5.74) is 1.24. The van der Waals surface area contributed by atoms with Crippen LogP contribution in [-0.4, -0.2) is 31.9 Å². The van der Waals surface area contributed by atoms with Crippen LogP contribution in [0.5, 0.6) is 0 Å². The van der Waals surface area contributed by atoms with Crippen LogP contribution in [0.4, 0.5) is 15.8 Å². The monoisotopic (exact) mass is 518 g/mol. The lowest BCUT2D eigenvalue weighted by Crippen LogP contribution is -2.29. The Labute approximate surface area is 191 Å². The Balaban J connectivity index is 1.56. The highest BCUT2D eigenvalue weighted by Gasteiger charge is 2.31. The number of halogens is 2. The fraction of sp³-hybridized carbons (Fsp3) is 0.0909. The summed E-state index contributed by atoms with van der Waals surface area (Å²) in [6.45, 7) is 0.199. The van der Waals surface area contributed by atoms with Crippen LogP contribution in [0.15, 0.2) is 70.0 Å². The Kier molecular flexibility index (Phi) is 5.74. The minimum atomic E-state index is -3.89. The van der Waals surface area contributed by atoms with Crippen molar-refractivity contribution in [3.8, 4) is 0 Å². The van der Waals surface area contributed by atoms with Gasteiger partial charge >= 0.3 is 5.97 Å². The first-order valence-electron chi connectivity index (χ1n) is 9.42. The smallest absolute Gasteiger partial charge is 0.337 e. The van der Waals surface area contributed by atoms with Crippen LogP contribution in [0.1, 0.15) is 26.3 Å². The zero-order valence-corrected chi connectivity index (χ0v) is 18.8. The normalized spacial score (nSPS) is 13.0. The molecule has 1 aliphatic rings. The molecule has 32 heavy (non-hydrogen) atoms. The van der Waals surface area contributed by atoms with E-state index in [1.807, 2.05) is 0 Å². The van der Waals surface area contributed by atoms with Crippen LogP contribution >= 0.6 is 15.9 Å². The van der Waals surface area contributed by atoms with Gasteiger partial charge in [-0.3, -0.25) is 9.10 Å². The summed E-state index contributed by atoms with van der Waals surface area (Å²) < 4.78 is 41.3. The van der Waals surface area contributed by atoms with Crippen molar-refractivity contribution in [3.05, 3.63) is 87.6 Å². The number of sulfonamides is 1. The quantitative estimate of drug-likeness (QED) is 0.524. The van der Waals surface area contributed by atoms with E-state index < -0.39 is 27.7 Å². The molecule has 3 aromatic carbocycles. The zero-order chi connectivity index (χ0) is 23.0. The highest BCUT2D eigenvalue weighted by Crippen LogP contribution is 2.33. The van der Waals surface area contributed by atoms with Crippen molar-refractivity contribution >= 4 is 49.2 Å². The molecule has 0 saturated carbocycles. The molecule has 0 spiro atoms. The summed E-state index contributed by atoms with van der Waals surface area (Å²) in [7, 11) is -3.89. The third kappa shape index (κ3) is 4.11. The molecule has 0 radical (unpaired) electrons. The fourth-order valence-electron chi connectivity index (χ4n) is 3.49. The number of aromatic carboxylic acids is 1. The van der Waals surface area contributed by atoms with Crippen molar-refractivity contribution in [2.24, 2.45) is 0 Å². The van der Waals surface area contributed by atoms with Crippen molar-refractivity contribution < 1.29 is 27.5 Å². The van der Waals surface area contributed by atoms with Crippen LogP contribution in [0.2, 0.25) is 0 Å². The van der Waals surface area contributed by atoms with Crippen molar-refractivity contribution in [3.63, 3.8) is 0 Å². The van der Waals surface area contributed by atoms with Crippen LogP contribution in [-0.2, 0) is 16.4 Å². The van der Waals surface area contributed by atoms with Crippen LogP contribution in [0.25, 0.3) is 0 Å². The molecule has 0 aromatic heterocycles. The maximum atomic E-state index is 13.4. The molecule has 0 bridgehead atoms. The minimum Gasteiger partial charge on any atom is -0.478 e. The van der Waals surface area contributed by atoms with Gasteiger partial charge in [0.1, 0.15) is 5.82 Å². The Bertz CT molecular complexity index is 1340. The van der Waals surface area contributed by atoms with Gasteiger partial charge in [0.2, 0.25) is 0 Å². The van der Waals surface area contributed by atoms with Crippen molar-refractivity contribution in [1.29, 1.82) is 0 Å². The Morgan fingerprint density at radius 2 is 1.75 bits per heavy atom. The number of carboxylic acids is 1. The summed E-state index contributed by atoms with van der Waals surface area (Å²) in [5.74, 6) is -2.20. The first kappa shape index (κ1) is 22.0. The second kappa shape index (κ2) is 8.36. The largest absolute Gasteiger partial charge is 0.478 e. The number of hydrogen-bond acceptors (Lipinski definition) is 4. The lowest BCUT2D eigenvalue weighted by molar-refractivity contribution is 0.0698. The summed E-state index contributed by atoms with van der Waals surface area (Å²) in [6, 6.07) is 13.7. The highest BCUT2D eigenvalue weighted by molar-refractivity contribution is 9.10. The number of carbonyl (C=O) groups excluding carboxylic acids is 1. The number of rotatable bonds is 5. The number of amides is 1. The number of carboxylic acid groups (broad SMARTS) is 1. The van der Waals surface area contributed by atoms with Gasteiger partial charge in [-0.1, -0.05) is 15.9 Å². The molecule has 1 heterocycles. The molecule has 4 rings (SSSR count). The van der Waals surface area contributed by atoms with Gasteiger partial charge in [0.15, 0.2) is 0 Å². The lowest BCUT2D eigenvalue weighted by Gasteiger charge is -2.19.